The van der Waals surface area contributed by atoms with E-state index in [-0.39, 0.29) is 11.6 Å². The minimum Gasteiger partial charge on any atom is -0.372 e. The van der Waals surface area contributed by atoms with Crippen molar-refractivity contribution < 1.29 is 13.9 Å². The molecule has 2 nitrogen and oxygen atoms in total. The van der Waals surface area contributed by atoms with Gasteiger partial charge in [-0.05, 0) is 41.5 Å². The molecule has 0 fully saturated rings. The molecular weight excluding hydrogens is 231 g/mol. The van der Waals surface area contributed by atoms with Crippen molar-refractivity contribution in [2.75, 3.05) is 0 Å². The molecular formula is C15H11FO2. The first kappa shape index (κ1) is 11.1. The van der Waals surface area contributed by atoms with E-state index in [2.05, 4.69) is 0 Å². The van der Waals surface area contributed by atoms with Crippen LogP contribution in [0.2, 0.25) is 0 Å². The van der Waals surface area contributed by atoms with Gasteiger partial charge in [0.15, 0.2) is 5.78 Å². The first-order valence-corrected chi connectivity index (χ1v) is 5.74. The smallest absolute Gasteiger partial charge is 0.193 e. The highest BCUT2D eigenvalue weighted by Crippen LogP contribution is 2.22. The maximum absolute atomic E-state index is 12.8. The highest BCUT2D eigenvalue weighted by atomic mass is 19.1. The van der Waals surface area contributed by atoms with Gasteiger partial charge in [-0.25, -0.2) is 4.39 Å². The van der Waals surface area contributed by atoms with Gasteiger partial charge in [-0.3, -0.25) is 4.79 Å². The van der Waals surface area contributed by atoms with Gasteiger partial charge < -0.3 is 4.74 Å². The number of ether oxygens (including phenoxy) is 1. The summed E-state index contributed by atoms with van der Waals surface area (Å²) in [5, 5.41) is 0. The quantitative estimate of drug-likeness (QED) is 0.756. The van der Waals surface area contributed by atoms with Crippen LogP contribution in [0.5, 0.6) is 0 Å². The molecule has 18 heavy (non-hydrogen) atoms. The maximum atomic E-state index is 12.8. The lowest BCUT2D eigenvalue weighted by Crippen LogP contribution is -2.02. The zero-order valence-electron chi connectivity index (χ0n) is 9.65. The summed E-state index contributed by atoms with van der Waals surface area (Å²) in [5.74, 6) is -0.432. The Morgan fingerprint density at radius 3 is 2.39 bits per heavy atom. The zero-order chi connectivity index (χ0) is 12.5. The van der Waals surface area contributed by atoms with E-state index in [1.54, 1.807) is 6.07 Å². The van der Waals surface area contributed by atoms with Gasteiger partial charge in [-0.2, -0.15) is 0 Å². The Balaban J connectivity index is 1.95. The van der Waals surface area contributed by atoms with Crippen molar-refractivity contribution in [2.45, 2.75) is 13.2 Å². The molecule has 0 N–H and O–H groups in total. The average Bonchev–Trinajstić information content (AvgIpc) is 2.86. The van der Waals surface area contributed by atoms with Crippen LogP contribution in [0, 0.1) is 5.82 Å². The van der Waals surface area contributed by atoms with Crippen molar-refractivity contribution in [2.24, 2.45) is 0 Å². The van der Waals surface area contributed by atoms with Crippen LogP contribution in [0.4, 0.5) is 4.39 Å². The number of fused-ring (bicyclic) bond motifs is 1. The van der Waals surface area contributed by atoms with Crippen LogP contribution in [0.25, 0.3) is 0 Å². The summed E-state index contributed by atoms with van der Waals surface area (Å²) in [6.07, 6.45) is 0. The fraction of sp³-hybridized carbons (Fsp3) is 0.133. The Labute approximate surface area is 104 Å². The number of carbonyl (C=O) groups is 1. The standard InChI is InChI=1S/C15H11FO2/c16-14-5-3-10(4-6-14)15(17)11-1-2-12-8-18-9-13(12)7-11/h1-7H,8-9H2. The number of halogens is 1. The third kappa shape index (κ3) is 1.93. The van der Waals surface area contributed by atoms with E-state index in [1.165, 1.54) is 24.3 Å². The fourth-order valence-corrected chi connectivity index (χ4v) is 2.08. The average molecular weight is 242 g/mol. The zero-order valence-corrected chi connectivity index (χ0v) is 9.65. The second-order valence-corrected chi connectivity index (χ2v) is 4.31. The molecule has 0 aliphatic carbocycles. The Kier molecular flexibility index (Phi) is 2.68. The highest BCUT2D eigenvalue weighted by Gasteiger charge is 2.15. The van der Waals surface area contributed by atoms with Crippen LogP contribution >= 0.6 is 0 Å². The molecule has 3 heteroatoms. The summed E-state index contributed by atoms with van der Waals surface area (Å²) in [6, 6.07) is 11.2. The number of benzene rings is 2. The van der Waals surface area contributed by atoms with Crippen LogP contribution in [0.15, 0.2) is 42.5 Å². The number of rotatable bonds is 2. The SMILES string of the molecule is O=C(c1ccc(F)cc1)c1ccc2c(c1)COC2. The molecule has 0 spiro atoms. The molecule has 2 aromatic carbocycles. The van der Waals surface area contributed by atoms with E-state index in [9.17, 15) is 9.18 Å². The van der Waals surface area contributed by atoms with Crippen molar-refractivity contribution in [1.29, 1.82) is 0 Å². The van der Waals surface area contributed by atoms with E-state index in [0.29, 0.717) is 24.3 Å². The van der Waals surface area contributed by atoms with E-state index >= 15 is 0 Å². The second kappa shape index (κ2) is 4.35. The van der Waals surface area contributed by atoms with Gasteiger partial charge in [0.25, 0.3) is 0 Å². The summed E-state index contributed by atoms with van der Waals surface area (Å²) < 4.78 is 18.1. The van der Waals surface area contributed by atoms with Crippen LogP contribution in [0.1, 0.15) is 27.0 Å². The monoisotopic (exact) mass is 242 g/mol. The second-order valence-electron chi connectivity index (χ2n) is 4.31. The maximum Gasteiger partial charge on any atom is 0.193 e. The Hall–Kier alpha value is -2.00. The Bertz CT molecular complexity index is 602. The van der Waals surface area contributed by atoms with Crippen molar-refractivity contribution in [3.05, 3.63) is 70.5 Å². The topological polar surface area (TPSA) is 26.3 Å². The molecule has 0 saturated heterocycles. The van der Waals surface area contributed by atoms with Crippen molar-refractivity contribution in [3.63, 3.8) is 0 Å². The Morgan fingerprint density at radius 2 is 1.61 bits per heavy atom. The van der Waals surface area contributed by atoms with Gasteiger partial charge >= 0.3 is 0 Å². The van der Waals surface area contributed by atoms with Gasteiger partial charge in [0.2, 0.25) is 0 Å². The molecule has 0 radical (unpaired) electrons. The van der Waals surface area contributed by atoms with Crippen LogP contribution in [-0.2, 0) is 18.0 Å². The van der Waals surface area contributed by atoms with Gasteiger partial charge in [-0.15, -0.1) is 0 Å². The minimum absolute atomic E-state index is 0.0929. The first-order chi connectivity index (χ1) is 8.74. The molecule has 0 bridgehead atoms. The Morgan fingerprint density at radius 1 is 0.944 bits per heavy atom. The summed E-state index contributed by atoms with van der Waals surface area (Å²) in [7, 11) is 0. The van der Waals surface area contributed by atoms with Crippen LogP contribution < -0.4 is 0 Å². The lowest BCUT2D eigenvalue weighted by molar-refractivity contribution is 0.103. The molecule has 0 saturated carbocycles. The van der Waals surface area contributed by atoms with Crippen molar-refractivity contribution in [1.82, 2.24) is 0 Å². The molecule has 0 unspecified atom stereocenters. The molecule has 1 aliphatic heterocycles. The largest absolute Gasteiger partial charge is 0.372 e. The van der Waals surface area contributed by atoms with Crippen molar-refractivity contribution >= 4 is 5.78 Å². The van der Waals surface area contributed by atoms with Gasteiger partial charge in [0, 0.05) is 11.1 Å². The summed E-state index contributed by atoms with van der Waals surface area (Å²) in [4.78, 5) is 12.2. The van der Waals surface area contributed by atoms with Crippen LogP contribution in [0.3, 0.4) is 0 Å². The fourth-order valence-electron chi connectivity index (χ4n) is 2.08. The van der Waals surface area contributed by atoms with E-state index in [4.69, 9.17) is 4.74 Å². The predicted octanol–water partition coefficient (Wildman–Crippen LogP) is 3.09. The minimum atomic E-state index is -0.339. The lowest BCUT2D eigenvalue weighted by Gasteiger charge is -2.03. The van der Waals surface area contributed by atoms with E-state index < -0.39 is 0 Å². The molecule has 0 amide bonds. The first-order valence-electron chi connectivity index (χ1n) is 5.74. The van der Waals surface area contributed by atoms with Gasteiger partial charge in [0.1, 0.15) is 5.82 Å². The number of ketones is 1. The molecule has 90 valence electrons. The normalized spacial score (nSPS) is 13.4. The lowest BCUT2D eigenvalue weighted by atomic mass is 9.99. The third-order valence-electron chi connectivity index (χ3n) is 3.09. The number of hydrogen-bond donors (Lipinski definition) is 0. The molecule has 2 aromatic rings. The van der Waals surface area contributed by atoms with Gasteiger partial charge in [0.05, 0.1) is 13.2 Å². The third-order valence-corrected chi connectivity index (χ3v) is 3.09. The highest BCUT2D eigenvalue weighted by molar-refractivity contribution is 6.09. The van der Waals surface area contributed by atoms with E-state index in [0.717, 1.165) is 11.1 Å². The molecule has 1 heterocycles. The number of hydrogen-bond acceptors (Lipinski definition) is 2. The van der Waals surface area contributed by atoms with Gasteiger partial charge in [-0.1, -0.05) is 12.1 Å². The summed E-state index contributed by atoms with van der Waals surface area (Å²) >= 11 is 0. The van der Waals surface area contributed by atoms with E-state index in [1.807, 2.05) is 12.1 Å². The molecule has 0 aromatic heterocycles. The van der Waals surface area contributed by atoms with Crippen LogP contribution in [-0.4, -0.2) is 5.78 Å². The predicted molar refractivity (Wildman–Crippen MR) is 64.8 cm³/mol. The summed E-state index contributed by atoms with van der Waals surface area (Å²) in [6.45, 7) is 1.17. The van der Waals surface area contributed by atoms with Crippen molar-refractivity contribution in [3.8, 4) is 0 Å². The summed E-state index contributed by atoms with van der Waals surface area (Å²) in [5.41, 5.74) is 3.30. The molecule has 0 atom stereocenters. The number of carbonyl (C=O) groups excluding carboxylic acids is 1. The molecule has 3 rings (SSSR count). The molecule has 1 aliphatic rings.